The zero-order chi connectivity index (χ0) is 19.9. The lowest BCUT2D eigenvalue weighted by atomic mass is 10.1. The van der Waals surface area contributed by atoms with Crippen LogP contribution in [0.25, 0.3) is 11.4 Å². The first-order valence-corrected chi connectivity index (χ1v) is 8.69. The summed E-state index contributed by atoms with van der Waals surface area (Å²) >= 11 is 0. The largest absolute Gasteiger partial charge is 0.416 e. The summed E-state index contributed by atoms with van der Waals surface area (Å²) in [6.45, 7) is 2.14. The van der Waals surface area contributed by atoms with Gasteiger partial charge in [0, 0.05) is 24.2 Å². The Kier molecular flexibility index (Phi) is 4.41. The minimum absolute atomic E-state index is 0.103. The number of carbonyl (C=O) groups excluding carboxylic acids is 1. The van der Waals surface area contributed by atoms with Crippen LogP contribution in [0.3, 0.4) is 0 Å². The summed E-state index contributed by atoms with van der Waals surface area (Å²) in [5.74, 6) is 0.0794. The number of aryl methyl sites for hydroxylation is 1. The number of halogens is 3. The Bertz CT molecular complexity index is 1030. The van der Waals surface area contributed by atoms with Gasteiger partial charge in [0.15, 0.2) is 0 Å². The number of amides is 1. The summed E-state index contributed by atoms with van der Waals surface area (Å²) in [6.07, 6.45) is -4.36. The van der Waals surface area contributed by atoms with Gasteiger partial charge in [0.1, 0.15) is 0 Å². The van der Waals surface area contributed by atoms with E-state index in [1.807, 2.05) is 31.2 Å². The van der Waals surface area contributed by atoms with Gasteiger partial charge in [0.2, 0.25) is 17.6 Å². The van der Waals surface area contributed by atoms with E-state index in [-0.39, 0.29) is 30.5 Å². The third-order valence-corrected chi connectivity index (χ3v) is 4.68. The number of aromatic nitrogens is 2. The molecule has 28 heavy (non-hydrogen) atoms. The van der Waals surface area contributed by atoms with Gasteiger partial charge < -0.3 is 9.42 Å². The SMILES string of the molecule is Cc1cccc(-c2noc(C3CC(=O)N(c4cccc(C(F)(F)F)c4)C3)n2)c1. The lowest BCUT2D eigenvalue weighted by molar-refractivity contribution is -0.137. The van der Waals surface area contributed by atoms with Crippen LogP contribution >= 0.6 is 0 Å². The molecule has 0 bridgehead atoms. The number of carbonyl (C=O) groups is 1. The van der Waals surface area contributed by atoms with Crippen LogP contribution in [0.5, 0.6) is 0 Å². The Labute approximate surface area is 158 Å². The maximum Gasteiger partial charge on any atom is 0.416 e. The van der Waals surface area contributed by atoms with Crippen molar-refractivity contribution in [3.8, 4) is 11.4 Å². The first-order valence-electron chi connectivity index (χ1n) is 8.69. The summed E-state index contributed by atoms with van der Waals surface area (Å²) in [6, 6.07) is 12.4. The molecule has 1 amide bonds. The Morgan fingerprint density at radius 1 is 1.14 bits per heavy atom. The van der Waals surface area contributed by atoms with Crippen LogP contribution in [-0.4, -0.2) is 22.6 Å². The first-order chi connectivity index (χ1) is 13.3. The van der Waals surface area contributed by atoms with Gasteiger partial charge in [0.05, 0.1) is 11.5 Å². The number of rotatable bonds is 3. The Morgan fingerprint density at radius 2 is 1.93 bits per heavy atom. The fourth-order valence-electron chi connectivity index (χ4n) is 3.28. The standard InChI is InChI=1S/C20H16F3N3O2/c1-12-4-2-5-13(8-12)18-24-19(28-25-18)14-9-17(27)26(11-14)16-7-3-6-15(10-16)20(21,22)23/h2-8,10,14H,9,11H2,1H3. The van der Waals surface area contributed by atoms with Crippen molar-refractivity contribution in [1.29, 1.82) is 0 Å². The molecule has 8 heteroatoms. The average molecular weight is 387 g/mol. The van der Waals surface area contributed by atoms with Crippen molar-refractivity contribution >= 4 is 11.6 Å². The molecule has 144 valence electrons. The molecule has 0 saturated carbocycles. The van der Waals surface area contributed by atoms with E-state index < -0.39 is 11.7 Å². The predicted octanol–water partition coefficient (Wildman–Crippen LogP) is 4.58. The number of alkyl halides is 3. The topological polar surface area (TPSA) is 59.2 Å². The highest BCUT2D eigenvalue weighted by Crippen LogP contribution is 2.35. The molecule has 1 atom stereocenters. The molecule has 1 aromatic heterocycles. The highest BCUT2D eigenvalue weighted by Gasteiger charge is 2.37. The summed E-state index contributed by atoms with van der Waals surface area (Å²) in [5.41, 5.74) is 1.27. The van der Waals surface area contributed by atoms with E-state index in [0.29, 0.717) is 11.7 Å². The summed E-state index contributed by atoms with van der Waals surface area (Å²) in [7, 11) is 0. The van der Waals surface area contributed by atoms with Crippen LogP contribution in [0.15, 0.2) is 53.1 Å². The lowest BCUT2D eigenvalue weighted by Gasteiger charge is -2.17. The van der Waals surface area contributed by atoms with Gasteiger partial charge in [-0.25, -0.2) is 0 Å². The van der Waals surface area contributed by atoms with Gasteiger partial charge in [0.25, 0.3) is 0 Å². The summed E-state index contributed by atoms with van der Waals surface area (Å²) in [5, 5.41) is 3.98. The van der Waals surface area contributed by atoms with Gasteiger partial charge in [-0.2, -0.15) is 18.2 Å². The highest BCUT2D eigenvalue weighted by molar-refractivity contribution is 5.96. The monoisotopic (exact) mass is 387 g/mol. The van der Waals surface area contributed by atoms with E-state index in [0.717, 1.165) is 23.3 Å². The second-order valence-corrected chi connectivity index (χ2v) is 6.78. The van der Waals surface area contributed by atoms with Crippen LogP contribution in [-0.2, 0) is 11.0 Å². The fourth-order valence-corrected chi connectivity index (χ4v) is 3.28. The second kappa shape index (κ2) is 6.78. The second-order valence-electron chi connectivity index (χ2n) is 6.78. The molecule has 1 aliphatic heterocycles. The normalized spacial score (nSPS) is 17.4. The van der Waals surface area contributed by atoms with Crippen molar-refractivity contribution in [3.63, 3.8) is 0 Å². The van der Waals surface area contributed by atoms with Crippen molar-refractivity contribution in [2.75, 3.05) is 11.4 Å². The van der Waals surface area contributed by atoms with Crippen molar-refractivity contribution in [2.24, 2.45) is 0 Å². The minimum atomic E-state index is -4.46. The van der Waals surface area contributed by atoms with Crippen molar-refractivity contribution in [2.45, 2.75) is 25.4 Å². The molecule has 1 aliphatic rings. The van der Waals surface area contributed by atoms with Crippen LogP contribution in [0.1, 0.15) is 29.4 Å². The van der Waals surface area contributed by atoms with E-state index in [1.54, 1.807) is 0 Å². The minimum Gasteiger partial charge on any atom is -0.339 e. The van der Waals surface area contributed by atoms with Gasteiger partial charge in [-0.3, -0.25) is 4.79 Å². The summed E-state index contributed by atoms with van der Waals surface area (Å²) in [4.78, 5) is 18.1. The number of anilines is 1. The molecule has 4 rings (SSSR count). The van der Waals surface area contributed by atoms with Crippen LogP contribution in [0, 0.1) is 6.92 Å². The van der Waals surface area contributed by atoms with E-state index in [2.05, 4.69) is 10.1 Å². The molecular weight excluding hydrogens is 371 g/mol. The van der Waals surface area contributed by atoms with Gasteiger partial charge in [-0.1, -0.05) is 35.0 Å². The Balaban J connectivity index is 1.56. The molecule has 0 N–H and O–H groups in total. The maximum atomic E-state index is 12.9. The first kappa shape index (κ1) is 18.2. The molecule has 0 aliphatic carbocycles. The molecule has 0 radical (unpaired) electrons. The highest BCUT2D eigenvalue weighted by atomic mass is 19.4. The Hall–Kier alpha value is -3.16. The van der Waals surface area contributed by atoms with Gasteiger partial charge in [-0.05, 0) is 31.2 Å². The van der Waals surface area contributed by atoms with E-state index in [4.69, 9.17) is 4.52 Å². The molecular formula is C20H16F3N3O2. The van der Waals surface area contributed by atoms with Crippen LogP contribution in [0.2, 0.25) is 0 Å². The molecule has 3 aromatic rings. The number of benzene rings is 2. The van der Waals surface area contributed by atoms with Gasteiger partial charge in [-0.15, -0.1) is 0 Å². The fraction of sp³-hybridized carbons (Fsp3) is 0.250. The zero-order valence-electron chi connectivity index (χ0n) is 14.9. The van der Waals surface area contributed by atoms with E-state index in [1.165, 1.54) is 17.0 Å². The molecule has 2 aromatic carbocycles. The Morgan fingerprint density at radius 3 is 2.68 bits per heavy atom. The number of hydrogen-bond donors (Lipinski definition) is 0. The summed E-state index contributed by atoms with van der Waals surface area (Å²) < 4.78 is 44.2. The third kappa shape index (κ3) is 3.49. The zero-order valence-corrected chi connectivity index (χ0v) is 14.9. The molecule has 1 unspecified atom stereocenters. The predicted molar refractivity (Wildman–Crippen MR) is 95.6 cm³/mol. The number of hydrogen-bond acceptors (Lipinski definition) is 4. The van der Waals surface area contributed by atoms with Crippen LogP contribution < -0.4 is 4.90 Å². The molecule has 1 fully saturated rings. The average Bonchev–Trinajstić information content (AvgIpc) is 3.28. The van der Waals surface area contributed by atoms with E-state index in [9.17, 15) is 18.0 Å². The van der Waals surface area contributed by atoms with Crippen molar-refractivity contribution in [3.05, 3.63) is 65.5 Å². The van der Waals surface area contributed by atoms with Crippen molar-refractivity contribution < 1.29 is 22.5 Å². The number of nitrogens with zero attached hydrogens (tertiary/aromatic N) is 3. The van der Waals surface area contributed by atoms with Crippen molar-refractivity contribution in [1.82, 2.24) is 10.1 Å². The smallest absolute Gasteiger partial charge is 0.339 e. The maximum absolute atomic E-state index is 12.9. The quantitative estimate of drug-likeness (QED) is 0.660. The molecule has 1 saturated heterocycles. The van der Waals surface area contributed by atoms with Gasteiger partial charge >= 0.3 is 6.18 Å². The molecule has 5 nitrogen and oxygen atoms in total. The van der Waals surface area contributed by atoms with Crippen LogP contribution in [0.4, 0.5) is 18.9 Å². The third-order valence-electron chi connectivity index (χ3n) is 4.68. The molecule has 0 spiro atoms. The molecule has 2 heterocycles. The lowest BCUT2D eigenvalue weighted by Crippen LogP contribution is -2.24. The van der Waals surface area contributed by atoms with E-state index >= 15 is 0 Å².